The van der Waals surface area contributed by atoms with Crippen molar-refractivity contribution >= 4 is 38.9 Å². The molecule has 0 bridgehead atoms. The summed E-state index contributed by atoms with van der Waals surface area (Å²) >= 11 is 8.28. The molecule has 4 nitrogen and oxygen atoms in total. The highest BCUT2D eigenvalue weighted by Crippen LogP contribution is 2.38. The van der Waals surface area contributed by atoms with E-state index in [1.54, 1.807) is 0 Å². The Bertz CT molecular complexity index is 1410. The molecule has 0 spiro atoms. The van der Waals surface area contributed by atoms with Crippen molar-refractivity contribution in [2.24, 2.45) is 11.8 Å². The van der Waals surface area contributed by atoms with Crippen LogP contribution in [0.5, 0.6) is 5.75 Å². The number of rotatable bonds is 8. The average molecular weight is 547 g/mol. The van der Waals surface area contributed by atoms with Crippen molar-refractivity contribution in [2.75, 3.05) is 13.2 Å². The van der Waals surface area contributed by atoms with Gasteiger partial charge in [0.1, 0.15) is 10.6 Å². The SMILES string of the molecule is CCOc1ccc(-c2ccc(C)nc2)cc1CN(CC1CCC(C)CC1)C(=O)c1sc2ccccc2c1Cl. The number of carbonyl (C=O) groups is 1. The molecule has 0 saturated heterocycles. The van der Waals surface area contributed by atoms with Crippen LogP contribution in [-0.2, 0) is 6.54 Å². The molecular weight excluding hydrogens is 512 g/mol. The number of pyridine rings is 1. The van der Waals surface area contributed by atoms with E-state index < -0.39 is 0 Å². The number of carbonyl (C=O) groups excluding carboxylic acids is 1. The molecule has 2 aromatic carbocycles. The van der Waals surface area contributed by atoms with Gasteiger partial charge in [-0.2, -0.15) is 0 Å². The maximum atomic E-state index is 14.1. The Balaban J connectivity index is 1.51. The number of fused-ring (bicyclic) bond motifs is 1. The van der Waals surface area contributed by atoms with Gasteiger partial charge >= 0.3 is 0 Å². The molecule has 0 unspecified atom stereocenters. The fourth-order valence-electron chi connectivity index (χ4n) is 5.36. The maximum Gasteiger partial charge on any atom is 0.265 e. The second kappa shape index (κ2) is 11.9. The molecule has 2 aromatic heterocycles. The average Bonchev–Trinajstić information content (AvgIpc) is 3.27. The quantitative estimate of drug-likeness (QED) is 0.222. The molecule has 5 rings (SSSR count). The van der Waals surface area contributed by atoms with E-state index >= 15 is 0 Å². The van der Waals surface area contributed by atoms with Crippen LogP contribution in [0.4, 0.5) is 0 Å². The summed E-state index contributed by atoms with van der Waals surface area (Å²) in [6.07, 6.45) is 6.64. The number of amides is 1. The molecular formula is C32H35ClN2O2S. The summed E-state index contributed by atoms with van der Waals surface area (Å²) in [5.41, 5.74) is 4.10. The van der Waals surface area contributed by atoms with Gasteiger partial charge < -0.3 is 9.64 Å². The van der Waals surface area contributed by atoms with Gasteiger partial charge in [0.2, 0.25) is 0 Å². The summed E-state index contributed by atoms with van der Waals surface area (Å²) in [5, 5.41) is 1.50. The first-order valence-corrected chi connectivity index (χ1v) is 14.8. The number of aryl methyl sites for hydroxylation is 1. The van der Waals surface area contributed by atoms with E-state index in [1.165, 1.54) is 24.2 Å². The van der Waals surface area contributed by atoms with Crippen LogP contribution in [-0.4, -0.2) is 28.9 Å². The number of halogens is 1. The molecule has 1 aliphatic carbocycles. The molecule has 198 valence electrons. The molecule has 0 atom stereocenters. The highest BCUT2D eigenvalue weighted by Gasteiger charge is 2.28. The summed E-state index contributed by atoms with van der Waals surface area (Å²) in [4.78, 5) is 21.2. The molecule has 4 aromatic rings. The largest absolute Gasteiger partial charge is 0.494 e. The number of aromatic nitrogens is 1. The van der Waals surface area contributed by atoms with Gasteiger partial charge in [0, 0.05) is 46.2 Å². The van der Waals surface area contributed by atoms with Crippen molar-refractivity contribution in [1.29, 1.82) is 0 Å². The minimum absolute atomic E-state index is 0.000300. The van der Waals surface area contributed by atoms with E-state index in [9.17, 15) is 4.79 Å². The van der Waals surface area contributed by atoms with Gasteiger partial charge in [-0.05, 0) is 68.4 Å². The van der Waals surface area contributed by atoms with Crippen LogP contribution < -0.4 is 4.74 Å². The lowest BCUT2D eigenvalue weighted by Gasteiger charge is -2.32. The van der Waals surface area contributed by atoms with E-state index in [1.807, 2.05) is 61.3 Å². The van der Waals surface area contributed by atoms with Crippen LogP contribution in [0.15, 0.2) is 60.8 Å². The molecule has 1 amide bonds. The molecule has 2 heterocycles. The fraction of sp³-hybridized carbons (Fsp3) is 0.375. The number of ether oxygens (including phenoxy) is 1. The van der Waals surface area contributed by atoms with Crippen LogP contribution in [0, 0.1) is 18.8 Å². The fourth-order valence-corrected chi connectivity index (χ4v) is 6.84. The smallest absolute Gasteiger partial charge is 0.265 e. The number of thiophene rings is 1. The summed E-state index contributed by atoms with van der Waals surface area (Å²) in [5.74, 6) is 2.06. The van der Waals surface area contributed by atoms with Crippen LogP contribution >= 0.6 is 22.9 Å². The Hall–Kier alpha value is -2.89. The highest BCUT2D eigenvalue weighted by molar-refractivity contribution is 7.21. The first-order valence-electron chi connectivity index (χ1n) is 13.6. The Kier molecular flexibility index (Phi) is 8.35. The van der Waals surface area contributed by atoms with Gasteiger partial charge in [-0.3, -0.25) is 9.78 Å². The molecule has 6 heteroatoms. The maximum absolute atomic E-state index is 14.1. The Morgan fingerprint density at radius 3 is 2.55 bits per heavy atom. The van der Waals surface area contributed by atoms with Crippen LogP contribution in [0.25, 0.3) is 21.2 Å². The van der Waals surface area contributed by atoms with E-state index in [2.05, 4.69) is 30.1 Å². The molecule has 0 radical (unpaired) electrons. The zero-order chi connectivity index (χ0) is 26.6. The predicted octanol–water partition coefficient (Wildman–Crippen LogP) is 8.79. The molecule has 0 N–H and O–H groups in total. The molecule has 0 aliphatic heterocycles. The van der Waals surface area contributed by atoms with Crippen molar-refractivity contribution < 1.29 is 9.53 Å². The van der Waals surface area contributed by atoms with Crippen LogP contribution in [0.3, 0.4) is 0 Å². The molecule has 1 aliphatic rings. The van der Waals surface area contributed by atoms with Crippen molar-refractivity contribution in [3.63, 3.8) is 0 Å². The third-order valence-corrected chi connectivity index (χ3v) is 9.26. The number of benzene rings is 2. The summed E-state index contributed by atoms with van der Waals surface area (Å²) in [6.45, 7) is 8.06. The van der Waals surface area contributed by atoms with Crippen molar-refractivity contribution in [2.45, 2.75) is 53.0 Å². The topological polar surface area (TPSA) is 42.4 Å². The lowest BCUT2D eigenvalue weighted by molar-refractivity contribution is 0.0696. The van der Waals surface area contributed by atoms with Gasteiger partial charge in [-0.1, -0.05) is 61.7 Å². The van der Waals surface area contributed by atoms with E-state index in [-0.39, 0.29) is 5.91 Å². The zero-order valence-corrected chi connectivity index (χ0v) is 23.9. The minimum atomic E-state index is -0.000300. The van der Waals surface area contributed by atoms with E-state index in [4.69, 9.17) is 16.3 Å². The first-order chi connectivity index (χ1) is 18.4. The second-order valence-electron chi connectivity index (χ2n) is 10.5. The summed E-state index contributed by atoms with van der Waals surface area (Å²) in [6, 6.07) is 18.3. The molecule has 1 saturated carbocycles. The third kappa shape index (κ3) is 5.89. The van der Waals surface area contributed by atoms with Gasteiger partial charge in [0.15, 0.2) is 0 Å². The van der Waals surface area contributed by atoms with Crippen LogP contribution in [0.2, 0.25) is 5.02 Å². The van der Waals surface area contributed by atoms with Gasteiger partial charge in [-0.25, -0.2) is 0 Å². The van der Waals surface area contributed by atoms with Crippen molar-refractivity contribution in [3.8, 4) is 16.9 Å². The Labute approximate surface area is 234 Å². The number of hydrogen-bond acceptors (Lipinski definition) is 4. The summed E-state index contributed by atoms with van der Waals surface area (Å²) < 4.78 is 7.07. The molecule has 1 fully saturated rings. The zero-order valence-electron chi connectivity index (χ0n) is 22.4. The predicted molar refractivity (Wildman–Crippen MR) is 158 cm³/mol. The normalized spacial score (nSPS) is 17.5. The molecule has 38 heavy (non-hydrogen) atoms. The first kappa shape index (κ1) is 26.7. The Morgan fingerprint density at radius 2 is 1.84 bits per heavy atom. The van der Waals surface area contributed by atoms with E-state index in [0.717, 1.165) is 63.5 Å². The van der Waals surface area contributed by atoms with Crippen molar-refractivity contribution in [3.05, 3.63) is 82.0 Å². The highest BCUT2D eigenvalue weighted by atomic mass is 35.5. The third-order valence-electron chi connectivity index (χ3n) is 7.60. The lowest BCUT2D eigenvalue weighted by Crippen LogP contribution is -2.36. The number of nitrogens with zero attached hydrogens (tertiary/aromatic N) is 2. The van der Waals surface area contributed by atoms with Crippen molar-refractivity contribution in [1.82, 2.24) is 9.88 Å². The minimum Gasteiger partial charge on any atom is -0.494 e. The lowest BCUT2D eigenvalue weighted by atomic mass is 9.82. The number of hydrogen-bond donors (Lipinski definition) is 0. The summed E-state index contributed by atoms with van der Waals surface area (Å²) in [7, 11) is 0. The van der Waals surface area contributed by atoms with Gasteiger partial charge in [0.25, 0.3) is 5.91 Å². The monoisotopic (exact) mass is 546 g/mol. The Morgan fingerprint density at radius 1 is 1.08 bits per heavy atom. The van der Waals surface area contributed by atoms with Crippen LogP contribution in [0.1, 0.15) is 60.5 Å². The second-order valence-corrected chi connectivity index (χ2v) is 11.9. The standard InChI is InChI=1S/C32H35ClN2O2S/c1-4-37-28-16-15-24(25-14-11-22(3)34-18-25)17-26(28)20-35(19-23-12-9-21(2)10-13-23)32(36)31-30(33)27-7-5-6-8-29(27)38-31/h5-8,11,14-18,21,23H,4,9-10,12-13,19-20H2,1-3H3. The van der Waals surface area contributed by atoms with Gasteiger partial charge in [0.05, 0.1) is 11.6 Å². The van der Waals surface area contributed by atoms with E-state index in [0.29, 0.717) is 29.0 Å². The van der Waals surface area contributed by atoms with Gasteiger partial charge in [-0.15, -0.1) is 11.3 Å².